The maximum Gasteiger partial charge on any atom is 0.407 e. The fourth-order valence-electron chi connectivity index (χ4n) is 3.18. The lowest BCUT2D eigenvalue weighted by Crippen LogP contribution is -2.34. The van der Waals surface area contributed by atoms with E-state index in [4.69, 9.17) is 14.6 Å². The van der Waals surface area contributed by atoms with Crippen LogP contribution in [0.1, 0.15) is 51.2 Å². The third kappa shape index (κ3) is 6.94. The summed E-state index contributed by atoms with van der Waals surface area (Å²) in [5.41, 5.74) is 1.93. The molecule has 0 saturated carbocycles. The Morgan fingerprint density at radius 1 is 1.27 bits per heavy atom. The first-order chi connectivity index (χ1) is 12.2. The van der Waals surface area contributed by atoms with Crippen molar-refractivity contribution in [3.05, 3.63) is 29.3 Å². The number of carbonyl (C=O) groups excluding carboxylic acids is 1. The summed E-state index contributed by atoms with van der Waals surface area (Å²) >= 11 is 0. The van der Waals surface area contributed by atoms with Crippen molar-refractivity contribution >= 4 is 12.1 Å². The van der Waals surface area contributed by atoms with E-state index in [1.165, 1.54) is 11.1 Å². The van der Waals surface area contributed by atoms with Gasteiger partial charge in [-0.3, -0.25) is 4.79 Å². The van der Waals surface area contributed by atoms with E-state index in [0.29, 0.717) is 13.2 Å². The quantitative estimate of drug-likeness (QED) is 0.596. The SMILES string of the molecule is CC(C)(C)OC(=O)NCCOc1ccc2c(c1)CCCC(CC(=O)O)C2. The monoisotopic (exact) mass is 363 g/mol. The smallest absolute Gasteiger partial charge is 0.407 e. The lowest BCUT2D eigenvalue weighted by molar-refractivity contribution is -0.138. The van der Waals surface area contributed by atoms with Crippen molar-refractivity contribution in [1.82, 2.24) is 5.32 Å². The van der Waals surface area contributed by atoms with Gasteiger partial charge in [-0.15, -0.1) is 0 Å². The van der Waals surface area contributed by atoms with Crippen molar-refractivity contribution in [2.75, 3.05) is 13.2 Å². The van der Waals surface area contributed by atoms with Crippen LogP contribution in [0.4, 0.5) is 4.79 Å². The molecule has 0 saturated heterocycles. The average molecular weight is 363 g/mol. The van der Waals surface area contributed by atoms with E-state index in [-0.39, 0.29) is 12.3 Å². The van der Waals surface area contributed by atoms with Crippen LogP contribution in [0, 0.1) is 5.92 Å². The summed E-state index contributed by atoms with van der Waals surface area (Å²) in [4.78, 5) is 22.5. The zero-order chi connectivity index (χ0) is 19.2. The lowest BCUT2D eigenvalue weighted by atomic mass is 9.94. The van der Waals surface area contributed by atoms with Gasteiger partial charge in [-0.25, -0.2) is 4.79 Å². The Labute approximate surface area is 154 Å². The second-order valence-electron chi connectivity index (χ2n) is 7.77. The van der Waals surface area contributed by atoms with E-state index in [2.05, 4.69) is 5.32 Å². The van der Waals surface area contributed by atoms with Crippen molar-refractivity contribution in [2.45, 2.75) is 58.5 Å². The average Bonchev–Trinajstić information content (AvgIpc) is 2.70. The summed E-state index contributed by atoms with van der Waals surface area (Å²) in [5, 5.41) is 11.7. The lowest BCUT2D eigenvalue weighted by Gasteiger charge is -2.19. The number of benzene rings is 1. The third-order valence-electron chi connectivity index (χ3n) is 4.25. The highest BCUT2D eigenvalue weighted by atomic mass is 16.6. The summed E-state index contributed by atoms with van der Waals surface area (Å²) in [6, 6.07) is 5.98. The van der Waals surface area contributed by atoms with Crippen LogP contribution in [0.15, 0.2) is 18.2 Å². The largest absolute Gasteiger partial charge is 0.492 e. The standard InChI is InChI=1S/C20H29NO5/c1-20(2,3)26-19(24)21-9-10-25-17-8-7-16-11-14(12-18(22)23)5-4-6-15(16)13-17/h7-8,13-14H,4-6,9-12H2,1-3H3,(H,21,24)(H,22,23). The van der Waals surface area contributed by atoms with Gasteiger partial charge in [-0.1, -0.05) is 6.07 Å². The topological polar surface area (TPSA) is 84.9 Å². The van der Waals surface area contributed by atoms with E-state index in [9.17, 15) is 9.59 Å². The number of nitrogens with one attached hydrogen (secondary N) is 1. The van der Waals surface area contributed by atoms with Gasteiger partial charge in [-0.05, 0) is 75.6 Å². The molecule has 0 bridgehead atoms. The van der Waals surface area contributed by atoms with Gasteiger partial charge < -0.3 is 19.9 Å². The first-order valence-electron chi connectivity index (χ1n) is 9.16. The summed E-state index contributed by atoms with van der Waals surface area (Å²) in [7, 11) is 0. The number of aliphatic carboxylic acids is 1. The van der Waals surface area contributed by atoms with E-state index in [0.717, 1.165) is 31.4 Å². The number of fused-ring (bicyclic) bond motifs is 1. The molecular weight excluding hydrogens is 334 g/mol. The summed E-state index contributed by atoms with van der Waals surface area (Å²) in [5.74, 6) is 0.251. The van der Waals surface area contributed by atoms with Gasteiger partial charge in [0.15, 0.2) is 0 Å². The van der Waals surface area contributed by atoms with Gasteiger partial charge in [-0.2, -0.15) is 0 Å². The zero-order valence-electron chi connectivity index (χ0n) is 15.8. The maximum absolute atomic E-state index is 11.6. The predicted octanol–water partition coefficient (Wildman–Crippen LogP) is 3.56. The molecular formula is C20H29NO5. The Bertz CT molecular complexity index is 636. The number of carboxylic acid groups (broad SMARTS) is 1. The Morgan fingerprint density at radius 3 is 2.73 bits per heavy atom. The fourth-order valence-corrected chi connectivity index (χ4v) is 3.18. The van der Waals surface area contributed by atoms with E-state index >= 15 is 0 Å². The van der Waals surface area contributed by atoms with E-state index in [1.807, 2.05) is 39.0 Å². The van der Waals surface area contributed by atoms with Crippen molar-refractivity contribution in [3.63, 3.8) is 0 Å². The second kappa shape index (κ2) is 8.92. The Morgan fingerprint density at radius 2 is 2.04 bits per heavy atom. The van der Waals surface area contributed by atoms with Gasteiger partial charge in [0.05, 0.1) is 6.54 Å². The molecule has 1 aliphatic rings. The summed E-state index contributed by atoms with van der Waals surface area (Å²) in [6.07, 6.45) is 3.47. The highest BCUT2D eigenvalue weighted by Crippen LogP contribution is 2.29. The summed E-state index contributed by atoms with van der Waals surface area (Å²) in [6.45, 7) is 6.19. The fraction of sp³-hybridized carbons (Fsp3) is 0.600. The highest BCUT2D eigenvalue weighted by molar-refractivity contribution is 5.67. The van der Waals surface area contributed by atoms with Crippen molar-refractivity contribution in [3.8, 4) is 5.75 Å². The number of alkyl carbamates (subject to hydrolysis) is 1. The molecule has 0 aliphatic heterocycles. The molecule has 144 valence electrons. The van der Waals surface area contributed by atoms with Gasteiger partial charge in [0.1, 0.15) is 18.0 Å². The number of amides is 1. The molecule has 1 amide bonds. The van der Waals surface area contributed by atoms with E-state index < -0.39 is 17.7 Å². The number of carbonyl (C=O) groups is 2. The predicted molar refractivity (Wildman–Crippen MR) is 98.6 cm³/mol. The zero-order valence-corrected chi connectivity index (χ0v) is 15.8. The third-order valence-corrected chi connectivity index (χ3v) is 4.25. The minimum absolute atomic E-state index is 0.207. The molecule has 26 heavy (non-hydrogen) atoms. The minimum atomic E-state index is -0.726. The van der Waals surface area contributed by atoms with Gasteiger partial charge in [0.2, 0.25) is 0 Å². The van der Waals surface area contributed by atoms with Crippen LogP contribution in [-0.2, 0) is 22.4 Å². The number of carboxylic acids is 1. The number of rotatable bonds is 6. The van der Waals surface area contributed by atoms with Crippen LogP contribution in [0.3, 0.4) is 0 Å². The number of aryl methyl sites for hydroxylation is 1. The normalized spacial score (nSPS) is 17.0. The van der Waals surface area contributed by atoms with Crippen LogP contribution < -0.4 is 10.1 Å². The van der Waals surface area contributed by atoms with Crippen LogP contribution in [0.2, 0.25) is 0 Å². The van der Waals surface area contributed by atoms with Crippen molar-refractivity contribution in [2.24, 2.45) is 5.92 Å². The number of hydrogen-bond acceptors (Lipinski definition) is 4. The molecule has 1 aliphatic carbocycles. The number of ether oxygens (including phenoxy) is 2. The Balaban J connectivity index is 1.82. The van der Waals surface area contributed by atoms with Gasteiger partial charge >= 0.3 is 12.1 Å². The molecule has 0 radical (unpaired) electrons. The molecule has 0 aromatic heterocycles. The molecule has 1 aromatic carbocycles. The summed E-state index contributed by atoms with van der Waals surface area (Å²) < 4.78 is 10.9. The Hall–Kier alpha value is -2.24. The van der Waals surface area contributed by atoms with E-state index in [1.54, 1.807) is 0 Å². The molecule has 6 nitrogen and oxygen atoms in total. The molecule has 2 rings (SSSR count). The van der Waals surface area contributed by atoms with Gasteiger partial charge in [0.25, 0.3) is 0 Å². The van der Waals surface area contributed by atoms with Crippen LogP contribution in [-0.4, -0.2) is 35.9 Å². The molecule has 2 N–H and O–H groups in total. The Kier molecular flexibility index (Phi) is 6.89. The van der Waals surface area contributed by atoms with Crippen LogP contribution >= 0.6 is 0 Å². The minimum Gasteiger partial charge on any atom is -0.492 e. The van der Waals surface area contributed by atoms with Crippen LogP contribution in [0.25, 0.3) is 0 Å². The molecule has 1 atom stereocenters. The molecule has 0 fully saturated rings. The first kappa shape index (κ1) is 20.1. The van der Waals surface area contributed by atoms with Crippen LogP contribution in [0.5, 0.6) is 5.75 Å². The maximum atomic E-state index is 11.6. The highest BCUT2D eigenvalue weighted by Gasteiger charge is 2.19. The molecule has 1 unspecified atom stereocenters. The molecule has 6 heteroatoms. The molecule has 1 aromatic rings. The molecule has 0 spiro atoms. The molecule has 0 heterocycles. The van der Waals surface area contributed by atoms with Crippen molar-refractivity contribution in [1.29, 1.82) is 0 Å². The van der Waals surface area contributed by atoms with Crippen molar-refractivity contribution < 1.29 is 24.2 Å². The number of hydrogen-bond donors (Lipinski definition) is 2. The van der Waals surface area contributed by atoms with Gasteiger partial charge in [0, 0.05) is 6.42 Å². The second-order valence-corrected chi connectivity index (χ2v) is 7.77. The first-order valence-corrected chi connectivity index (χ1v) is 9.16.